The van der Waals surface area contributed by atoms with Gasteiger partial charge >= 0.3 is 0 Å². The van der Waals surface area contributed by atoms with Crippen LogP contribution < -0.4 is 0 Å². The average molecular weight is 717 g/mol. The standard InChI is InChI=1S/2C28H22/c2*1-3-11-23(12-4-1)19-21-25-15-7-9-17-27(25)28-18-10-8-16-26(28)22-20-24-13-5-2-6-14-24/h2*1-22H/b2*21-19+,22-20+. The van der Waals surface area contributed by atoms with Crippen LogP contribution in [-0.2, 0) is 0 Å². The predicted molar refractivity (Wildman–Crippen MR) is 245 cm³/mol. The Morgan fingerprint density at radius 3 is 0.554 bits per heavy atom. The van der Waals surface area contributed by atoms with Crippen molar-refractivity contribution in [2.45, 2.75) is 0 Å². The molecule has 0 heteroatoms. The molecule has 0 radical (unpaired) electrons. The summed E-state index contributed by atoms with van der Waals surface area (Å²) in [5, 5.41) is 0. The second kappa shape index (κ2) is 19.7. The predicted octanol–water partition coefficient (Wildman–Crippen LogP) is 15.4. The highest BCUT2D eigenvalue weighted by Crippen LogP contribution is 2.31. The van der Waals surface area contributed by atoms with E-state index < -0.39 is 0 Å². The molecule has 0 aliphatic carbocycles. The minimum absolute atomic E-state index is 1.20. The van der Waals surface area contributed by atoms with Crippen LogP contribution in [0.3, 0.4) is 0 Å². The maximum absolute atomic E-state index is 2.20. The van der Waals surface area contributed by atoms with Gasteiger partial charge in [-0.3, -0.25) is 0 Å². The molecular formula is C56H44. The molecule has 56 heavy (non-hydrogen) atoms. The number of rotatable bonds is 10. The first-order valence-corrected chi connectivity index (χ1v) is 19.1. The van der Waals surface area contributed by atoms with Gasteiger partial charge in [0, 0.05) is 0 Å². The third-order valence-electron chi connectivity index (χ3n) is 9.44. The van der Waals surface area contributed by atoms with E-state index in [0.717, 1.165) is 0 Å². The minimum Gasteiger partial charge on any atom is -0.0622 e. The van der Waals surface area contributed by atoms with Crippen LogP contribution in [0.2, 0.25) is 0 Å². The summed E-state index contributed by atoms with van der Waals surface area (Å²) < 4.78 is 0. The van der Waals surface area contributed by atoms with Crippen LogP contribution in [0.4, 0.5) is 0 Å². The van der Waals surface area contributed by atoms with E-state index in [0.29, 0.717) is 0 Å². The second-order valence-electron chi connectivity index (χ2n) is 13.3. The Morgan fingerprint density at radius 1 is 0.161 bits per heavy atom. The first-order chi connectivity index (χ1) is 27.8. The molecular weight excluding hydrogens is 673 g/mol. The summed E-state index contributed by atoms with van der Waals surface area (Å²) in [6.07, 6.45) is 17.5. The SMILES string of the molecule is C(=C\c1ccccc1-c1ccccc1/C=C/c1ccccc1)/c1ccccc1.C(=C\c1ccccc1-c1ccccc1/C=C/c1ccccc1)/c1ccccc1. The van der Waals surface area contributed by atoms with Crippen molar-refractivity contribution in [2.75, 3.05) is 0 Å². The quantitative estimate of drug-likeness (QED) is 0.124. The van der Waals surface area contributed by atoms with E-state index in [1.807, 2.05) is 24.3 Å². The molecule has 0 spiro atoms. The molecule has 0 aliphatic rings. The second-order valence-corrected chi connectivity index (χ2v) is 13.3. The van der Waals surface area contributed by atoms with Crippen molar-refractivity contribution >= 4 is 48.6 Å². The van der Waals surface area contributed by atoms with E-state index in [2.05, 4.69) is 243 Å². The fraction of sp³-hybridized carbons (Fsp3) is 0. The largest absolute Gasteiger partial charge is 0.0622 e. The van der Waals surface area contributed by atoms with Crippen LogP contribution in [0.15, 0.2) is 218 Å². The monoisotopic (exact) mass is 716 g/mol. The number of benzene rings is 8. The minimum atomic E-state index is 1.20. The lowest BCUT2D eigenvalue weighted by Gasteiger charge is -2.10. The Balaban J connectivity index is 0.000000172. The normalized spacial score (nSPS) is 11.3. The van der Waals surface area contributed by atoms with E-state index in [9.17, 15) is 0 Å². The highest BCUT2D eigenvalue weighted by atomic mass is 14.1. The van der Waals surface area contributed by atoms with Crippen molar-refractivity contribution in [1.29, 1.82) is 0 Å². The van der Waals surface area contributed by atoms with Crippen molar-refractivity contribution in [2.24, 2.45) is 0 Å². The van der Waals surface area contributed by atoms with E-state index in [1.54, 1.807) is 0 Å². The Hall–Kier alpha value is -7.28. The van der Waals surface area contributed by atoms with Gasteiger partial charge in [0.2, 0.25) is 0 Å². The van der Waals surface area contributed by atoms with E-state index >= 15 is 0 Å². The van der Waals surface area contributed by atoms with E-state index in [4.69, 9.17) is 0 Å². The Kier molecular flexibility index (Phi) is 13.0. The van der Waals surface area contributed by atoms with Gasteiger partial charge in [-0.05, 0) is 66.8 Å². The number of hydrogen-bond acceptors (Lipinski definition) is 0. The van der Waals surface area contributed by atoms with Gasteiger partial charge < -0.3 is 0 Å². The van der Waals surface area contributed by atoms with Gasteiger partial charge in [-0.15, -0.1) is 0 Å². The van der Waals surface area contributed by atoms with Crippen LogP contribution in [0.5, 0.6) is 0 Å². The van der Waals surface area contributed by atoms with E-state index in [-0.39, 0.29) is 0 Å². The van der Waals surface area contributed by atoms with Crippen LogP contribution in [0.1, 0.15) is 44.5 Å². The Morgan fingerprint density at radius 2 is 0.339 bits per heavy atom. The molecule has 0 nitrogen and oxygen atoms in total. The van der Waals surface area contributed by atoms with Gasteiger partial charge in [-0.25, -0.2) is 0 Å². The Bertz CT molecular complexity index is 2170. The van der Waals surface area contributed by atoms with Gasteiger partial charge in [0.25, 0.3) is 0 Å². The summed E-state index contributed by atoms with van der Waals surface area (Å²) in [5.74, 6) is 0. The molecule has 0 bridgehead atoms. The summed E-state index contributed by atoms with van der Waals surface area (Å²) in [5.41, 5.74) is 14.6. The molecule has 0 saturated carbocycles. The molecule has 0 unspecified atom stereocenters. The third-order valence-corrected chi connectivity index (χ3v) is 9.44. The fourth-order valence-corrected chi connectivity index (χ4v) is 6.55. The van der Waals surface area contributed by atoms with Gasteiger partial charge in [-0.1, -0.05) is 267 Å². The Labute approximate surface area is 332 Å². The van der Waals surface area contributed by atoms with Crippen LogP contribution >= 0.6 is 0 Å². The van der Waals surface area contributed by atoms with Crippen molar-refractivity contribution in [3.05, 3.63) is 263 Å². The topological polar surface area (TPSA) is 0 Å². The zero-order valence-electron chi connectivity index (χ0n) is 31.4. The summed E-state index contributed by atoms with van der Waals surface area (Å²) >= 11 is 0. The first kappa shape index (κ1) is 37.1. The average Bonchev–Trinajstić information content (AvgIpc) is 3.28. The molecule has 8 rings (SSSR count). The zero-order chi connectivity index (χ0) is 38.0. The maximum Gasteiger partial charge on any atom is -0.0105 e. The highest BCUT2D eigenvalue weighted by Gasteiger charge is 2.07. The van der Waals surface area contributed by atoms with Gasteiger partial charge in [0.05, 0.1) is 0 Å². The molecule has 0 saturated heterocycles. The molecule has 0 aliphatic heterocycles. The van der Waals surface area contributed by atoms with Crippen molar-refractivity contribution < 1.29 is 0 Å². The maximum atomic E-state index is 2.20. The lowest BCUT2D eigenvalue weighted by atomic mass is 9.94. The molecule has 8 aromatic rings. The molecule has 0 N–H and O–H groups in total. The van der Waals surface area contributed by atoms with Crippen LogP contribution in [0.25, 0.3) is 70.9 Å². The highest BCUT2D eigenvalue weighted by molar-refractivity contribution is 5.88. The fourth-order valence-electron chi connectivity index (χ4n) is 6.55. The third kappa shape index (κ3) is 10.4. The lowest BCUT2D eigenvalue weighted by molar-refractivity contribution is 1.57. The lowest BCUT2D eigenvalue weighted by Crippen LogP contribution is -1.87. The summed E-state index contributed by atoms with van der Waals surface area (Å²) in [4.78, 5) is 0. The molecule has 0 heterocycles. The molecule has 0 fully saturated rings. The van der Waals surface area contributed by atoms with Crippen molar-refractivity contribution in [3.63, 3.8) is 0 Å². The smallest absolute Gasteiger partial charge is 0.0105 e. The van der Waals surface area contributed by atoms with E-state index in [1.165, 1.54) is 66.8 Å². The van der Waals surface area contributed by atoms with Crippen LogP contribution in [-0.4, -0.2) is 0 Å². The van der Waals surface area contributed by atoms with Crippen molar-refractivity contribution in [3.8, 4) is 22.3 Å². The van der Waals surface area contributed by atoms with Gasteiger partial charge in [-0.2, -0.15) is 0 Å². The molecule has 268 valence electrons. The molecule has 0 amide bonds. The summed E-state index contributed by atoms with van der Waals surface area (Å²) in [6.45, 7) is 0. The van der Waals surface area contributed by atoms with Crippen molar-refractivity contribution in [1.82, 2.24) is 0 Å². The summed E-state index contributed by atoms with van der Waals surface area (Å²) in [7, 11) is 0. The summed E-state index contributed by atoms with van der Waals surface area (Å²) in [6, 6.07) is 75.9. The first-order valence-electron chi connectivity index (χ1n) is 19.1. The molecule has 0 atom stereocenters. The van der Waals surface area contributed by atoms with Gasteiger partial charge in [0.15, 0.2) is 0 Å². The van der Waals surface area contributed by atoms with Crippen LogP contribution in [0, 0.1) is 0 Å². The molecule has 0 aromatic heterocycles. The molecule has 8 aromatic carbocycles. The number of hydrogen-bond donors (Lipinski definition) is 0. The van der Waals surface area contributed by atoms with Gasteiger partial charge in [0.1, 0.15) is 0 Å². The zero-order valence-corrected chi connectivity index (χ0v) is 31.4.